The molecule has 3 N–H and O–H groups in total. The first kappa shape index (κ1) is 20.9. The van der Waals surface area contributed by atoms with Gasteiger partial charge in [-0.2, -0.15) is 10.1 Å². The fourth-order valence-corrected chi connectivity index (χ4v) is 3.87. The number of alkyl halides is 2. The molecule has 1 aromatic carbocycles. The second-order valence-corrected chi connectivity index (χ2v) is 7.55. The van der Waals surface area contributed by atoms with E-state index >= 15 is 0 Å². The summed E-state index contributed by atoms with van der Waals surface area (Å²) in [6.07, 6.45) is 2.01. The van der Waals surface area contributed by atoms with Crippen LogP contribution in [0.3, 0.4) is 0 Å². The number of anilines is 2. The lowest BCUT2D eigenvalue weighted by atomic mass is 10.0. The largest absolute Gasteiger partial charge is 0.479 e. The van der Waals surface area contributed by atoms with Crippen molar-refractivity contribution in [1.29, 1.82) is 5.53 Å². The van der Waals surface area contributed by atoms with Gasteiger partial charge in [-0.25, -0.2) is 18.8 Å². The molecule has 164 valence electrons. The maximum absolute atomic E-state index is 14.4. The highest BCUT2D eigenvalue weighted by Gasteiger charge is 2.44. The Balaban J connectivity index is 1.72. The molecule has 1 atom stereocenters. The first-order valence-electron chi connectivity index (χ1n) is 9.82. The van der Waals surface area contributed by atoms with Crippen LogP contribution in [0.15, 0.2) is 35.6 Å². The maximum atomic E-state index is 14.4. The molecule has 0 bridgehead atoms. The number of methoxy groups -OCH3 is 1. The lowest BCUT2D eigenvalue weighted by Crippen LogP contribution is -2.53. The number of aromatic nitrogens is 3. The molecule has 1 saturated heterocycles. The molecule has 1 aliphatic heterocycles. The average Bonchev–Trinajstić information content (AvgIpc) is 3.18. The van der Waals surface area contributed by atoms with Gasteiger partial charge in [-0.05, 0) is 37.2 Å². The predicted octanol–water partition coefficient (Wildman–Crippen LogP) is 3.86. The van der Waals surface area contributed by atoms with Gasteiger partial charge in [0.05, 0.1) is 25.4 Å². The van der Waals surface area contributed by atoms with Crippen molar-refractivity contribution in [3.8, 4) is 17.0 Å². The van der Waals surface area contributed by atoms with Crippen LogP contribution in [0.5, 0.6) is 5.88 Å². The molecule has 9 nitrogen and oxygen atoms in total. The van der Waals surface area contributed by atoms with Crippen LogP contribution in [-0.2, 0) is 0 Å². The van der Waals surface area contributed by atoms with Crippen LogP contribution >= 0.6 is 0 Å². The molecule has 0 spiro atoms. The third kappa shape index (κ3) is 3.88. The van der Waals surface area contributed by atoms with Crippen molar-refractivity contribution in [3.63, 3.8) is 0 Å². The van der Waals surface area contributed by atoms with Crippen molar-refractivity contribution >= 4 is 22.8 Å². The summed E-state index contributed by atoms with van der Waals surface area (Å²) < 4.78 is 35.9. The second kappa shape index (κ2) is 8.06. The highest BCUT2D eigenvalue weighted by atomic mass is 19.3. The van der Waals surface area contributed by atoms with Gasteiger partial charge in [0.25, 0.3) is 5.92 Å². The summed E-state index contributed by atoms with van der Waals surface area (Å²) in [4.78, 5) is 5.97. The number of rotatable bonds is 6. The van der Waals surface area contributed by atoms with Crippen molar-refractivity contribution in [1.82, 2.24) is 19.5 Å². The normalized spacial score (nSPS) is 18.7. The summed E-state index contributed by atoms with van der Waals surface area (Å²) in [5.74, 6) is -2.54. The minimum Gasteiger partial charge on any atom is -0.479 e. The number of likely N-dealkylation sites (tertiary alicyclic amines) is 1. The number of ether oxygens (including phenoxy) is 1. The molecule has 0 amide bonds. The Morgan fingerprint density at radius 1 is 1.32 bits per heavy atom. The first-order chi connectivity index (χ1) is 14.9. The van der Waals surface area contributed by atoms with Crippen LogP contribution < -0.4 is 15.4 Å². The monoisotopic (exact) mass is 430 g/mol. The highest BCUT2D eigenvalue weighted by molar-refractivity contribution is 5.87. The number of nitrogens with zero attached hydrogens (tertiary/aromatic N) is 5. The van der Waals surface area contributed by atoms with E-state index in [0.29, 0.717) is 23.4 Å². The van der Waals surface area contributed by atoms with Gasteiger partial charge in [0.2, 0.25) is 11.8 Å². The number of hydrogen-bond donors (Lipinski definition) is 3. The van der Waals surface area contributed by atoms with Crippen LogP contribution in [0.2, 0.25) is 0 Å². The molecule has 0 aliphatic carbocycles. The molecular weight excluding hydrogens is 406 g/mol. The first-order valence-corrected chi connectivity index (χ1v) is 9.82. The molecule has 4 rings (SSSR count). The van der Waals surface area contributed by atoms with E-state index in [-0.39, 0.29) is 24.8 Å². The van der Waals surface area contributed by atoms with Crippen LogP contribution in [0.1, 0.15) is 6.42 Å². The highest BCUT2D eigenvalue weighted by Crippen LogP contribution is 2.36. The van der Waals surface area contributed by atoms with Crippen LogP contribution in [0.4, 0.5) is 26.1 Å². The minimum atomic E-state index is -2.89. The molecule has 0 radical (unpaired) electrons. The van der Waals surface area contributed by atoms with Gasteiger partial charge in [0, 0.05) is 25.4 Å². The van der Waals surface area contributed by atoms with E-state index in [2.05, 4.69) is 25.8 Å². The molecule has 3 aromatic rings. The molecule has 11 heteroatoms. The van der Waals surface area contributed by atoms with Gasteiger partial charge in [-0.3, -0.25) is 0 Å². The van der Waals surface area contributed by atoms with E-state index in [1.807, 2.05) is 18.2 Å². The Morgan fingerprint density at radius 3 is 2.81 bits per heavy atom. The molecule has 31 heavy (non-hydrogen) atoms. The topological polar surface area (TPSA) is 103 Å². The van der Waals surface area contributed by atoms with E-state index < -0.39 is 12.0 Å². The van der Waals surface area contributed by atoms with Crippen molar-refractivity contribution < 1.29 is 13.5 Å². The Morgan fingerprint density at radius 2 is 2.13 bits per heavy atom. The SMILES string of the molecule is CNc1cc(-c2ccn3nc(N[C@@H]4CCN(C)CC4(F)F)nc(OC)c23)ccc1N=N. The quantitative estimate of drug-likeness (QED) is 0.513. The van der Waals surface area contributed by atoms with E-state index in [1.165, 1.54) is 7.11 Å². The van der Waals surface area contributed by atoms with Gasteiger partial charge >= 0.3 is 0 Å². The van der Waals surface area contributed by atoms with Gasteiger partial charge in [-0.15, -0.1) is 5.10 Å². The van der Waals surface area contributed by atoms with Gasteiger partial charge in [0.15, 0.2) is 0 Å². The summed E-state index contributed by atoms with van der Waals surface area (Å²) in [7, 11) is 4.92. The lowest BCUT2D eigenvalue weighted by molar-refractivity contribution is -0.0675. The van der Waals surface area contributed by atoms with Crippen LogP contribution in [0.25, 0.3) is 16.6 Å². The second-order valence-electron chi connectivity index (χ2n) is 7.55. The van der Waals surface area contributed by atoms with E-state index in [0.717, 1.165) is 11.1 Å². The van der Waals surface area contributed by atoms with Crippen molar-refractivity contribution in [3.05, 3.63) is 30.5 Å². The van der Waals surface area contributed by atoms with Crippen molar-refractivity contribution in [2.75, 3.05) is 44.9 Å². The van der Waals surface area contributed by atoms with Crippen LogP contribution in [-0.4, -0.2) is 65.8 Å². The zero-order valence-electron chi connectivity index (χ0n) is 17.5. The summed E-state index contributed by atoms with van der Waals surface area (Å²) >= 11 is 0. The van der Waals surface area contributed by atoms with Crippen molar-refractivity contribution in [2.45, 2.75) is 18.4 Å². The molecule has 1 aliphatic rings. The molecule has 3 heterocycles. The third-order valence-electron chi connectivity index (χ3n) is 5.46. The Bertz CT molecular complexity index is 1120. The number of piperidine rings is 1. The molecule has 2 aromatic heterocycles. The number of benzene rings is 1. The van der Waals surface area contributed by atoms with E-state index in [4.69, 9.17) is 10.3 Å². The molecular formula is C20H24F2N8O. The Kier molecular flexibility index (Phi) is 5.44. The Labute approximate surface area is 177 Å². The smallest absolute Gasteiger partial charge is 0.280 e. The summed E-state index contributed by atoms with van der Waals surface area (Å²) in [5.41, 5.74) is 10.8. The number of halogens is 2. The predicted molar refractivity (Wildman–Crippen MR) is 114 cm³/mol. The molecule has 0 saturated carbocycles. The molecule has 1 fully saturated rings. The zero-order valence-corrected chi connectivity index (χ0v) is 17.5. The minimum absolute atomic E-state index is 0.0833. The van der Waals surface area contributed by atoms with Crippen LogP contribution in [0, 0.1) is 5.53 Å². The summed E-state index contributed by atoms with van der Waals surface area (Å²) in [6.45, 7) is 0.251. The standard InChI is InChI=1S/C20H24F2N8O/c1-24-15-10-12(4-5-14(15)27-23)13-6-9-30-17(13)18(31-3)26-19(28-30)25-16-7-8-29(2)11-20(16,21)22/h4-6,9-10,16,23-24H,7-8,11H2,1-3H3,(H,25,28)/t16-/m1/s1. The fraction of sp³-hybridized carbons (Fsp3) is 0.400. The Hall–Kier alpha value is -3.34. The van der Waals surface area contributed by atoms with E-state index in [1.54, 1.807) is 35.8 Å². The molecule has 0 unspecified atom stereocenters. The van der Waals surface area contributed by atoms with Gasteiger partial charge in [-0.1, -0.05) is 6.07 Å². The van der Waals surface area contributed by atoms with E-state index in [9.17, 15) is 8.78 Å². The van der Waals surface area contributed by atoms with Gasteiger partial charge in [0.1, 0.15) is 11.2 Å². The number of nitrogens with one attached hydrogen (secondary N) is 3. The maximum Gasteiger partial charge on any atom is 0.280 e. The summed E-state index contributed by atoms with van der Waals surface area (Å²) in [6, 6.07) is 6.25. The zero-order chi connectivity index (χ0) is 22.2. The summed E-state index contributed by atoms with van der Waals surface area (Å²) in [5, 5.41) is 13.7. The number of hydrogen-bond acceptors (Lipinski definition) is 8. The average molecular weight is 430 g/mol. The fourth-order valence-electron chi connectivity index (χ4n) is 3.87. The lowest BCUT2D eigenvalue weighted by Gasteiger charge is -2.36. The van der Waals surface area contributed by atoms with Crippen molar-refractivity contribution in [2.24, 2.45) is 5.11 Å². The third-order valence-corrected chi connectivity index (χ3v) is 5.46. The number of fused-ring (bicyclic) bond motifs is 1. The van der Waals surface area contributed by atoms with Gasteiger partial charge < -0.3 is 20.3 Å².